The minimum absolute atomic E-state index is 0.332. The maximum Gasteiger partial charge on any atom is 0.193 e. The summed E-state index contributed by atoms with van der Waals surface area (Å²) in [5.41, 5.74) is 2.40. The number of halogens is 3. The second-order valence-corrected chi connectivity index (χ2v) is 7.48. The lowest BCUT2D eigenvalue weighted by atomic mass is 9.94. The Kier molecular flexibility index (Phi) is 5.42. The van der Waals surface area contributed by atoms with Gasteiger partial charge in [-0.3, -0.25) is 0 Å². The van der Waals surface area contributed by atoms with E-state index in [0.717, 1.165) is 23.3 Å². The van der Waals surface area contributed by atoms with Crippen molar-refractivity contribution in [2.75, 3.05) is 13.2 Å². The molecule has 0 aliphatic carbocycles. The van der Waals surface area contributed by atoms with Crippen LogP contribution in [-0.2, 0) is 15.2 Å². The molecule has 2 rings (SSSR count). The van der Waals surface area contributed by atoms with Crippen LogP contribution in [0.25, 0.3) is 0 Å². The number of oxime groups is 1. The van der Waals surface area contributed by atoms with E-state index in [1.807, 2.05) is 38.1 Å². The molecule has 1 atom stereocenters. The third-order valence-electron chi connectivity index (χ3n) is 3.34. The van der Waals surface area contributed by atoms with Crippen LogP contribution in [0.2, 0.25) is 0 Å². The third kappa shape index (κ3) is 4.49. The van der Waals surface area contributed by atoms with Gasteiger partial charge in [-0.25, -0.2) is 0 Å². The van der Waals surface area contributed by atoms with Gasteiger partial charge in [-0.05, 0) is 30.5 Å². The SMILES string of the molecule is CCON=C(CC)c1cccc(C2(CC(Cl)(Cl)Cl)CO2)c1. The molecule has 1 aliphatic rings. The number of epoxide rings is 1. The van der Waals surface area contributed by atoms with Crippen molar-refractivity contribution in [3.8, 4) is 0 Å². The van der Waals surface area contributed by atoms with Crippen molar-refractivity contribution in [1.29, 1.82) is 0 Å². The van der Waals surface area contributed by atoms with Crippen LogP contribution in [0.4, 0.5) is 0 Å². The highest BCUT2D eigenvalue weighted by molar-refractivity contribution is 6.67. The average Bonchev–Trinajstić information content (AvgIpc) is 3.19. The molecule has 1 saturated heterocycles. The average molecular weight is 351 g/mol. The molecule has 1 fully saturated rings. The van der Waals surface area contributed by atoms with Gasteiger partial charge in [0.2, 0.25) is 0 Å². The van der Waals surface area contributed by atoms with Crippen LogP contribution in [0, 0.1) is 0 Å². The van der Waals surface area contributed by atoms with Crippen molar-refractivity contribution in [2.45, 2.75) is 36.1 Å². The molecular weight excluding hydrogens is 333 g/mol. The molecule has 1 aromatic rings. The van der Waals surface area contributed by atoms with E-state index in [9.17, 15) is 0 Å². The molecule has 21 heavy (non-hydrogen) atoms. The molecular formula is C15H18Cl3NO2. The normalized spacial score (nSPS) is 22.2. The quantitative estimate of drug-likeness (QED) is 0.319. The van der Waals surface area contributed by atoms with Gasteiger partial charge in [0.15, 0.2) is 3.79 Å². The second kappa shape index (κ2) is 6.74. The molecule has 3 nitrogen and oxygen atoms in total. The predicted molar refractivity (Wildman–Crippen MR) is 87.4 cm³/mol. The van der Waals surface area contributed by atoms with Gasteiger partial charge in [0, 0.05) is 6.42 Å². The van der Waals surface area contributed by atoms with Crippen molar-refractivity contribution < 1.29 is 9.57 Å². The summed E-state index contributed by atoms with van der Waals surface area (Å²) < 4.78 is 4.25. The van der Waals surface area contributed by atoms with Gasteiger partial charge >= 0.3 is 0 Å². The number of hydrogen-bond acceptors (Lipinski definition) is 3. The molecule has 1 aliphatic heterocycles. The second-order valence-electron chi connectivity index (χ2n) is 4.97. The number of alkyl halides is 3. The first-order valence-electron chi connectivity index (χ1n) is 6.90. The van der Waals surface area contributed by atoms with Gasteiger partial charge in [-0.15, -0.1) is 0 Å². The summed E-state index contributed by atoms with van der Waals surface area (Å²) in [4.78, 5) is 5.16. The third-order valence-corrected chi connectivity index (χ3v) is 3.74. The van der Waals surface area contributed by atoms with Crippen molar-refractivity contribution in [3.05, 3.63) is 35.4 Å². The Labute approximate surface area is 140 Å². The zero-order chi connectivity index (χ0) is 15.5. The van der Waals surface area contributed by atoms with Crippen LogP contribution >= 0.6 is 34.8 Å². The van der Waals surface area contributed by atoms with E-state index < -0.39 is 9.39 Å². The molecule has 116 valence electrons. The minimum Gasteiger partial charge on any atom is -0.396 e. The molecule has 1 unspecified atom stereocenters. The highest BCUT2D eigenvalue weighted by Crippen LogP contribution is 2.49. The fraction of sp³-hybridized carbons (Fsp3) is 0.533. The lowest BCUT2D eigenvalue weighted by Crippen LogP contribution is -2.18. The van der Waals surface area contributed by atoms with Crippen LogP contribution in [0.3, 0.4) is 0 Å². The Balaban J connectivity index is 2.26. The Morgan fingerprint density at radius 2 is 2.10 bits per heavy atom. The van der Waals surface area contributed by atoms with Gasteiger partial charge in [0.05, 0.1) is 12.3 Å². The monoisotopic (exact) mass is 349 g/mol. The molecule has 0 amide bonds. The van der Waals surface area contributed by atoms with E-state index in [1.54, 1.807) is 0 Å². The van der Waals surface area contributed by atoms with Crippen LogP contribution in [0.15, 0.2) is 29.4 Å². The molecule has 0 saturated carbocycles. The first-order chi connectivity index (χ1) is 9.90. The Bertz CT molecular complexity index is 522. The minimum atomic E-state index is -1.33. The summed E-state index contributed by atoms with van der Waals surface area (Å²) >= 11 is 17.7. The van der Waals surface area contributed by atoms with E-state index in [0.29, 0.717) is 19.6 Å². The smallest absolute Gasteiger partial charge is 0.193 e. The fourth-order valence-corrected chi connectivity index (χ4v) is 2.88. The van der Waals surface area contributed by atoms with Crippen LogP contribution < -0.4 is 0 Å². The van der Waals surface area contributed by atoms with Gasteiger partial charge in [0.25, 0.3) is 0 Å². The maximum absolute atomic E-state index is 5.91. The van der Waals surface area contributed by atoms with Crippen molar-refractivity contribution in [3.63, 3.8) is 0 Å². The van der Waals surface area contributed by atoms with Crippen molar-refractivity contribution >= 4 is 40.5 Å². The molecule has 6 heteroatoms. The Morgan fingerprint density at radius 3 is 2.62 bits per heavy atom. The number of benzene rings is 1. The molecule has 0 radical (unpaired) electrons. The lowest BCUT2D eigenvalue weighted by molar-refractivity contribution is 0.158. The Morgan fingerprint density at radius 1 is 1.38 bits per heavy atom. The summed E-state index contributed by atoms with van der Waals surface area (Å²) in [6, 6.07) is 7.98. The number of ether oxygens (including phenoxy) is 1. The molecule has 1 aromatic carbocycles. The fourth-order valence-electron chi connectivity index (χ4n) is 2.23. The maximum atomic E-state index is 5.91. The molecule has 1 heterocycles. The zero-order valence-corrected chi connectivity index (χ0v) is 14.3. The van der Waals surface area contributed by atoms with Crippen molar-refractivity contribution in [1.82, 2.24) is 0 Å². The van der Waals surface area contributed by atoms with Gasteiger partial charge < -0.3 is 9.57 Å². The Hall–Kier alpha value is -0.480. The lowest BCUT2D eigenvalue weighted by Gasteiger charge is -2.18. The van der Waals surface area contributed by atoms with E-state index in [1.165, 1.54) is 0 Å². The summed E-state index contributed by atoms with van der Waals surface area (Å²) in [5.74, 6) is 0. The van der Waals surface area contributed by atoms with E-state index in [2.05, 4.69) is 5.16 Å². The first kappa shape index (κ1) is 16.9. The highest BCUT2D eigenvalue weighted by Gasteiger charge is 2.51. The van der Waals surface area contributed by atoms with Crippen LogP contribution in [0.1, 0.15) is 37.8 Å². The predicted octanol–water partition coefficient (Wildman–Crippen LogP) is 4.82. The van der Waals surface area contributed by atoms with Crippen molar-refractivity contribution in [2.24, 2.45) is 5.16 Å². The van der Waals surface area contributed by atoms with Crippen LogP contribution in [0.5, 0.6) is 0 Å². The molecule has 0 bridgehead atoms. The topological polar surface area (TPSA) is 34.1 Å². The van der Waals surface area contributed by atoms with Gasteiger partial charge in [-0.1, -0.05) is 65.1 Å². The molecule has 0 aromatic heterocycles. The van der Waals surface area contributed by atoms with E-state index in [-0.39, 0.29) is 0 Å². The number of hydrogen-bond donors (Lipinski definition) is 0. The number of nitrogens with zero attached hydrogens (tertiary/aromatic N) is 1. The first-order valence-corrected chi connectivity index (χ1v) is 8.04. The van der Waals surface area contributed by atoms with Gasteiger partial charge in [-0.2, -0.15) is 0 Å². The van der Waals surface area contributed by atoms with E-state index >= 15 is 0 Å². The highest BCUT2D eigenvalue weighted by atomic mass is 35.6. The summed E-state index contributed by atoms with van der Waals surface area (Å²) in [6.45, 7) is 5.05. The van der Waals surface area contributed by atoms with Gasteiger partial charge in [0.1, 0.15) is 12.2 Å². The molecule has 0 N–H and O–H groups in total. The van der Waals surface area contributed by atoms with Crippen LogP contribution in [-0.4, -0.2) is 22.7 Å². The zero-order valence-electron chi connectivity index (χ0n) is 12.0. The summed E-state index contributed by atoms with van der Waals surface area (Å²) in [7, 11) is 0. The largest absolute Gasteiger partial charge is 0.396 e. The number of rotatable bonds is 6. The van der Waals surface area contributed by atoms with E-state index in [4.69, 9.17) is 44.4 Å². The summed E-state index contributed by atoms with van der Waals surface area (Å²) in [5, 5.41) is 4.15. The molecule has 0 spiro atoms. The summed E-state index contributed by atoms with van der Waals surface area (Å²) in [6.07, 6.45) is 1.11. The standard InChI is InChI=1S/C15H18Cl3NO2/c1-3-13(19-21-4-2)11-6-5-7-12(8-11)14(10-20-14)9-15(16,17)18/h5-8H,3-4,9-10H2,1-2H3.